The lowest BCUT2D eigenvalue weighted by Gasteiger charge is -2.09. The Morgan fingerprint density at radius 3 is 3.06 bits per heavy atom. The number of rotatable bonds is 5. The Morgan fingerprint density at radius 1 is 1.53 bits per heavy atom. The number of fused-ring (bicyclic) bond motifs is 1. The van der Waals surface area contributed by atoms with Gasteiger partial charge in [0.1, 0.15) is 0 Å². The molecule has 0 bridgehead atoms. The molecule has 0 aliphatic heterocycles. The Kier molecular flexibility index (Phi) is 4.22. The summed E-state index contributed by atoms with van der Waals surface area (Å²) in [5.41, 5.74) is 1.92. The number of aromatic nitrogens is 1. The van der Waals surface area contributed by atoms with Crippen LogP contribution in [0.25, 0.3) is 10.2 Å². The lowest BCUT2D eigenvalue weighted by atomic mass is 10.3. The van der Waals surface area contributed by atoms with E-state index < -0.39 is 6.10 Å². The third kappa shape index (κ3) is 3.10. The van der Waals surface area contributed by atoms with E-state index in [0.717, 1.165) is 20.2 Å². The molecule has 0 aliphatic rings. The van der Waals surface area contributed by atoms with Gasteiger partial charge in [0.25, 0.3) is 0 Å². The number of thiazole rings is 1. The molecule has 3 N–H and O–H groups in total. The van der Waals surface area contributed by atoms with E-state index in [-0.39, 0.29) is 6.61 Å². The normalized spacial score (nSPS) is 12.9. The zero-order chi connectivity index (χ0) is 12.3. The Morgan fingerprint density at radius 2 is 2.35 bits per heavy atom. The molecule has 1 unspecified atom stereocenters. The predicted molar refractivity (Wildman–Crippen MR) is 73.0 cm³/mol. The van der Waals surface area contributed by atoms with Crippen molar-refractivity contribution in [3.8, 4) is 0 Å². The molecule has 2 rings (SSSR count). The molecule has 0 radical (unpaired) electrons. The Hall–Kier alpha value is -0.820. The number of thioether (sulfide) groups is 1. The fraction of sp³-hybridized carbons (Fsp3) is 0.364. The van der Waals surface area contributed by atoms with Crippen LogP contribution in [-0.2, 0) is 0 Å². The summed E-state index contributed by atoms with van der Waals surface area (Å²) < 4.78 is 2.17. The summed E-state index contributed by atoms with van der Waals surface area (Å²) in [6, 6.07) is 5.90. The molecule has 92 valence electrons. The highest BCUT2D eigenvalue weighted by molar-refractivity contribution is 8.00. The lowest BCUT2D eigenvalue weighted by molar-refractivity contribution is 0.105. The van der Waals surface area contributed by atoms with Gasteiger partial charge < -0.3 is 15.5 Å². The van der Waals surface area contributed by atoms with Crippen LogP contribution in [0.5, 0.6) is 0 Å². The molecule has 1 aromatic carbocycles. The first-order valence-electron chi connectivity index (χ1n) is 5.20. The molecule has 0 spiro atoms. The second kappa shape index (κ2) is 5.68. The van der Waals surface area contributed by atoms with Crippen LogP contribution in [0.15, 0.2) is 22.5 Å². The highest BCUT2D eigenvalue weighted by atomic mass is 32.2. The fourth-order valence-electron chi connectivity index (χ4n) is 1.40. The van der Waals surface area contributed by atoms with Gasteiger partial charge in [0.2, 0.25) is 0 Å². The van der Waals surface area contributed by atoms with Crippen LogP contribution in [0.1, 0.15) is 0 Å². The number of nitrogens with zero attached hydrogens (tertiary/aromatic N) is 1. The Labute approximate surface area is 108 Å². The molecule has 0 fully saturated rings. The maximum Gasteiger partial charge on any atom is 0.150 e. The second-order valence-electron chi connectivity index (χ2n) is 3.58. The molecule has 4 nitrogen and oxygen atoms in total. The molecular formula is C11H14N2O2S2. The number of hydrogen-bond acceptors (Lipinski definition) is 6. The smallest absolute Gasteiger partial charge is 0.150 e. The minimum Gasteiger partial charge on any atom is -0.394 e. The first kappa shape index (κ1) is 12.6. The van der Waals surface area contributed by atoms with Crippen molar-refractivity contribution in [2.45, 2.75) is 10.4 Å². The van der Waals surface area contributed by atoms with Gasteiger partial charge in [-0.25, -0.2) is 4.98 Å². The first-order valence-corrected chi connectivity index (χ1v) is 7.24. The average Bonchev–Trinajstić information content (AvgIpc) is 2.77. The minimum atomic E-state index is -0.728. The van der Waals surface area contributed by atoms with E-state index in [2.05, 4.69) is 10.3 Å². The molecule has 6 heteroatoms. The van der Waals surface area contributed by atoms with Crippen molar-refractivity contribution in [1.29, 1.82) is 0 Å². The lowest BCUT2D eigenvalue weighted by Crippen LogP contribution is -2.22. The van der Waals surface area contributed by atoms with Crippen molar-refractivity contribution in [3.05, 3.63) is 18.2 Å². The highest BCUT2D eigenvalue weighted by Gasteiger charge is 2.05. The summed E-state index contributed by atoms with van der Waals surface area (Å²) >= 11 is 3.29. The number of anilines is 1. The van der Waals surface area contributed by atoms with Gasteiger partial charge in [-0.1, -0.05) is 11.8 Å². The van der Waals surface area contributed by atoms with Crippen LogP contribution in [0.2, 0.25) is 0 Å². The van der Waals surface area contributed by atoms with Gasteiger partial charge >= 0.3 is 0 Å². The summed E-state index contributed by atoms with van der Waals surface area (Å²) in [4.78, 5) is 4.45. The van der Waals surface area contributed by atoms with Crippen LogP contribution in [0.4, 0.5) is 5.69 Å². The maximum absolute atomic E-state index is 9.25. The van der Waals surface area contributed by atoms with Gasteiger partial charge in [-0.3, -0.25) is 0 Å². The third-order valence-corrected chi connectivity index (χ3v) is 4.30. The molecule has 0 saturated carbocycles. The first-order chi connectivity index (χ1) is 8.22. The van der Waals surface area contributed by atoms with Crippen molar-refractivity contribution in [2.24, 2.45) is 0 Å². The Balaban J connectivity index is 2.13. The van der Waals surface area contributed by atoms with Gasteiger partial charge in [0.15, 0.2) is 4.34 Å². The summed E-state index contributed by atoms with van der Waals surface area (Å²) in [5.74, 6) is 0. The zero-order valence-electron chi connectivity index (χ0n) is 9.38. The van der Waals surface area contributed by atoms with Crippen LogP contribution in [-0.4, -0.2) is 40.7 Å². The van der Waals surface area contributed by atoms with Crippen molar-refractivity contribution in [3.63, 3.8) is 0 Å². The van der Waals surface area contributed by atoms with Crippen LogP contribution < -0.4 is 5.32 Å². The summed E-state index contributed by atoms with van der Waals surface area (Å²) in [5, 5.41) is 21.0. The van der Waals surface area contributed by atoms with Gasteiger partial charge in [0, 0.05) is 12.2 Å². The molecule has 17 heavy (non-hydrogen) atoms. The van der Waals surface area contributed by atoms with E-state index in [9.17, 15) is 5.11 Å². The quantitative estimate of drug-likeness (QED) is 0.723. The van der Waals surface area contributed by atoms with Gasteiger partial charge in [-0.05, 0) is 24.5 Å². The van der Waals surface area contributed by atoms with E-state index in [1.165, 1.54) is 0 Å². The summed E-state index contributed by atoms with van der Waals surface area (Å²) in [6.45, 7) is 0.114. The molecule has 1 atom stereocenters. The SMILES string of the molecule is CSc1nc2ccc(NCC(O)CO)cc2s1. The number of aliphatic hydroxyl groups excluding tert-OH is 2. The van der Waals surface area contributed by atoms with E-state index >= 15 is 0 Å². The zero-order valence-corrected chi connectivity index (χ0v) is 11.0. The van der Waals surface area contributed by atoms with Gasteiger partial charge in [0.05, 0.1) is 22.9 Å². The Bertz CT molecular complexity index is 501. The number of aliphatic hydroxyl groups is 2. The van der Waals surface area contributed by atoms with E-state index in [0.29, 0.717) is 6.54 Å². The number of benzene rings is 1. The predicted octanol–water partition coefficient (Wildman–Crippen LogP) is 1.78. The van der Waals surface area contributed by atoms with Gasteiger partial charge in [-0.15, -0.1) is 11.3 Å². The monoisotopic (exact) mass is 270 g/mol. The van der Waals surface area contributed by atoms with Crippen molar-refractivity contribution in [2.75, 3.05) is 24.7 Å². The molecule has 0 saturated heterocycles. The fourth-order valence-corrected chi connectivity index (χ4v) is 2.93. The van der Waals surface area contributed by atoms with Crippen LogP contribution in [0, 0.1) is 0 Å². The van der Waals surface area contributed by atoms with Gasteiger partial charge in [-0.2, -0.15) is 0 Å². The third-order valence-electron chi connectivity index (χ3n) is 2.30. The average molecular weight is 270 g/mol. The molecular weight excluding hydrogens is 256 g/mol. The number of hydrogen-bond donors (Lipinski definition) is 3. The van der Waals surface area contributed by atoms with Crippen molar-refractivity contribution in [1.82, 2.24) is 4.98 Å². The maximum atomic E-state index is 9.25. The largest absolute Gasteiger partial charge is 0.394 e. The van der Waals surface area contributed by atoms with Crippen molar-refractivity contribution < 1.29 is 10.2 Å². The summed E-state index contributed by atoms with van der Waals surface area (Å²) in [6.07, 6.45) is 1.28. The van der Waals surface area contributed by atoms with E-state index in [1.807, 2.05) is 24.5 Å². The van der Waals surface area contributed by atoms with E-state index in [1.54, 1.807) is 23.1 Å². The summed E-state index contributed by atoms with van der Waals surface area (Å²) in [7, 11) is 0. The number of nitrogens with one attached hydrogen (secondary N) is 1. The molecule has 0 amide bonds. The van der Waals surface area contributed by atoms with Crippen LogP contribution in [0.3, 0.4) is 0 Å². The second-order valence-corrected chi connectivity index (χ2v) is 5.67. The highest BCUT2D eigenvalue weighted by Crippen LogP contribution is 2.29. The van der Waals surface area contributed by atoms with Crippen molar-refractivity contribution >= 4 is 39.0 Å². The standard InChI is InChI=1S/C11H14N2O2S2/c1-16-11-13-9-3-2-7(4-10(9)17-11)12-5-8(15)6-14/h2-4,8,12,14-15H,5-6H2,1H3. The minimum absolute atomic E-state index is 0.230. The van der Waals surface area contributed by atoms with Crippen LogP contribution >= 0.6 is 23.1 Å². The molecule has 1 aromatic heterocycles. The molecule has 1 heterocycles. The topological polar surface area (TPSA) is 65.4 Å². The molecule has 0 aliphatic carbocycles. The molecule has 2 aromatic rings. The van der Waals surface area contributed by atoms with E-state index in [4.69, 9.17) is 5.11 Å².